The van der Waals surface area contributed by atoms with Gasteiger partial charge in [0.15, 0.2) is 5.89 Å². The Morgan fingerprint density at radius 3 is 2.71 bits per heavy atom. The lowest BCUT2D eigenvalue weighted by Crippen LogP contribution is -2.28. The fourth-order valence-electron chi connectivity index (χ4n) is 2.34. The summed E-state index contributed by atoms with van der Waals surface area (Å²) in [5.74, 6) is 1.14. The van der Waals surface area contributed by atoms with Crippen LogP contribution in [0.3, 0.4) is 0 Å². The third kappa shape index (κ3) is 3.49. The smallest absolute Gasteiger partial charge is 0.225 e. The van der Waals surface area contributed by atoms with Crippen LogP contribution in [-0.4, -0.2) is 16.9 Å². The molecule has 1 heterocycles. The Kier molecular flexibility index (Phi) is 3.75. The van der Waals surface area contributed by atoms with E-state index >= 15 is 0 Å². The minimum Gasteiger partial charge on any atom is -0.449 e. The molecule has 0 saturated heterocycles. The minimum absolute atomic E-state index is 0.0117. The van der Waals surface area contributed by atoms with Crippen molar-refractivity contribution in [2.75, 3.05) is 5.32 Å². The molecule has 0 spiro atoms. The number of carbonyl (C=O) groups is 1. The molecule has 1 fully saturated rings. The van der Waals surface area contributed by atoms with Gasteiger partial charge in [-0.25, -0.2) is 4.98 Å². The molecular formula is C16H19N3O2. The molecular weight excluding hydrogens is 266 g/mol. The van der Waals surface area contributed by atoms with Gasteiger partial charge in [0.2, 0.25) is 5.91 Å². The summed E-state index contributed by atoms with van der Waals surface area (Å²) in [6, 6.07) is 7.53. The first-order valence-electron chi connectivity index (χ1n) is 7.20. The van der Waals surface area contributed by atoms with Gasteiger partial charge in [-0.15, -0.1) is 0 Å². The molecule has 1 unspecified atom stereocenters. The van der Waals surface area contributed by atoms with E-state index in [1.54, 1.807) is 13.2 Å². The van der Waals surface area contributed by atoms with Gasteiger partial charge in [0.25, 0.3) is 0 Å². The minimum atomic E-state index is -0.0283. The van der Waals surface area contributed by atoms with Crippen molar-refractivity contribution in [1.29, 1.82) is 0 Å². The summed E-state index contributed by atoms with van der Waals surface area (Å²) in [7, 11) is 0. The van der Waals surface area contributed by atoms with E-state index in [4.69, 9.17) is 10.2 Å². The molecule has 1 aromatic carbocycles. The highest BCUT2D eigenvalue weighted by Crippen LogP contribution is 2.32. The quantitative estimate of drug-likeness (QED) is 0.885. The summed E-state index contributed by atoms with van der Waals surface area (Å²) in [6.45, 7) is 1.81. The number of nitrogens with zero attached hydrogens (tertiary/aromatic N) is 1. The predicted octanol–water partition coefficient (Wildman–Crippen LogP) is 2.72. The summed E-state index contributed by atoms with van der Waals surface area (Å²) in [5.41, 5.74) is 8.48. The highest BCUT2D eigenvalue weighted by atomic mass is 16.3. The van der Waals surface area contributed by atoms with Crippen LogP contribution in [0.25, 0.3) is 11.3 Å². The van der Waals surface area contributed by atoms with Crippen LogP contribution < -0.4 is 11.1 Å². The van der Waals surface area contributed by atoms with E-state index in [2.05, 4.69) is 10.3 Å². The number of nitrogens with two attached hydrogens (primary N) is 1. The van der Waals surface area contributed by atoms with E-state index in [1.165, 1.54) is 0 Å². The average molecular weight is 285 g/mol. The second-order valence-electron chi connectivity index (χ2n) is 5.58. The second-order valence-corrected chi connectivity index (χ2v) is 5.58. The van der Waals surface area contributed by atoms with Gasteiger partial charge in [-0.1, -0.05) is 12.1 Å². The van der Waals surface area contributed by atoms with Crippen LogP contribution in [-0.2, 0) is 4.79 Å². The van der Waals surface area contributed by atoms with Gasteiger partial charge in [0.1, 0.15) is 12.0 Å². The predicted molar refractivity (Wildman–Crippen MR) is 80.6 cm³/mol. The number of oxazole rings is 1. The van der Waals surface area contributed by atoms with Crippen LogP contribution in [0.4, 0.5) is 5.69 Å². The number of hydrogen-bond acceptors (Lipinski definition) is 4. The van der Waals surface area contributed by atoms with E-state index in [9.17, 15) is 4.79 Å². The Bertz CT molecular complexity index is 629. The Hall–Kier alpha value is -2.14. The van der Waals surface area contributed by atoms with E-state index < -0.39 is 0 Å². The highest BCUT2D eigenvalue weighted by molar-refractivity contribution is 5.91. The molecule has 110 valence electrons. The summed E-state index contributed by atoms with van der Waals surface area (Å²) < 4.78 is 5.19. The maximum absolute atomic E-state index is 11.9. The maximum Gasteiger partial charge on any atom is 0.225 e. The number of aromatic nitrogens is 1. The van der Waals surface area contributed by atoms with Gasteiger partial charge in [-0.05, 0) is 30.9 Å². The van der Waals surface area contributed by atoms with Crippen molar-refractivity contribution in [3.05, 3.63) is 36.4 Å². The molecule has 1 amide bonds. The molecule has 3 rings (SSSR count). The first-order valence-corrected chi connectivity index (χ1v) is 7.20. The Labute approximate surface area is 123 Å². The van der Waals surface area contributed by atoms with Crippen LogP contribution in [0.15, 0.2) is 34.9 Å². The van der Waals surface area contributed by atoms with Crippen LogP contribution in [0.2, 0.25) is 0 Å². The van der Waals surface area contributed by atoms with Crippen LogP contribution in [0.5, 0.6) is 0 Å². The van der Waals surface area contributed by atoms with Crippen molar-refractivity contribution in [2.45, 2.75) is 32.2 Å². The number of rotatable bonds is 5. The molecule has 5 nitrogen and oxygen atoms in total. The molecule has 0 aliphatic heterocycles. The fourth-order valence-corrected chi connectivity index (χ4v) is 2.34. The van der Waals surface area contributed by atoms with Crippen molar-refractivity contribution in [1.82, 2.24) is 4.98 Å². The Morgan fingerprint density at radius 1 is 1.43 bits per heavy atom. The lowest BCUT2D eigenvalue weighted by Gasteiger charge is -2.10. The SMILES string of the molecule is Cc1nc(-c2ccc(NC(=O)CC(N)C3CC3)cc2)co1. The molecule has 2 aromatic rings. The van der Waals surface area contributed by atoms with Crippen molar-refractivity contribution < 1.29 is 9.21 Å². The largest absolute Gasteiger partial charge is 0.449 e. The van der Waals surface area contributed by atoms with Crippen molar-refractivity contribution in [2.24, 2.45) is 11.7 Å². The molecule has 21 heavy (non-hydrogen) atoms. The number of carbonyl (C=O) groups excluding carboxylic acids is 1. The lowest BCUT2D eigenvalue weighted by molar-refractivity contribution is -0.116. The molecule has 5 heteroatoms. The number of anilines is 1. The maximum atomic E-state index is 11.9. The first kappa shape index (κ1) is 13.8. The van der Waals surface area contributed by atoms with Crippen LogP contribution >= 0.6 is 0 Å². The summed E-state index contributed by atoms with van der Waals surface area (Å²) >= 11 is 0. The molecule has 1 aromatic heterocycles. The zero-order chi connectivity index (χ0) is 14.8. The van der Waals surface area contributed by atoms with Gasteiger partial charge in [0, 0.05) is 30.6 Å². The first-order chi connectivity index (χ1) is 10.1. The van der Waals surface area contributed by atoms with Gasteiger partial charge >= 0.3 is 0 Å². The standard InChI is InChI=1S/C16H19N3O2/c1-10-18-15(9-21-10)12-4-6-13(7-5-12)19-16(20)8-14(17)11-2-3-11/h4-7,9,11,14H,2-3,8,17H2,1H3,(H,19,20). The second kappa shape index (κ2) is 5.69. The topological polar surface area (TPSA) is 81.2 Å². The Morgan fingerprint density at radius 2 is 2.14 bits per heavy atom. The molecule has 1 aliphatic rings. The molecule has 0 radical (unpaired) electrons. The molecule has 1 atom stereocenters. The number of hydrogen-bond donors (Lipinski definition) is 2. The number of aryl methyl sites for hydroxylation is 1. The van der Waals surface area contributed by atoms with Gasteiger partial charge < -0.3 is 15.5 Å². The highest BCUT2D eigenvalue weighted by Gasteiger charge is 2.29. The summed E-state index contributed by atoms with van der Waals surface area (Å²) in [6.07, 6.45) is 4.31. The van der Waals surface area contributed by atoms with E-state index in [1.807, 2.05) is 24.3 Å². The molecule has 0 bridgehead atoms. The number of amides is 1. The van der Waals surface area contributed by atoms with Crippen LogP contribution in [0.1, 0.15) is 25.2 Å². The number of nitrogens with one attached hydrogen (secondary N) is 1. The molecule has 1 saturated carbocycles. The van der Waals surface area contributed by atoms with Gasteiger partial charge in [0.05, 0.1) is 0 Å². The Balaban J connectivity index is 1.60. The fraction of sp³-hybridized carbons (Fsp3) is 0.375. The van der Waals surface area contributed by atoms with Crippen molar-refractivity contribution in [3.63, 3.8) is 0 Å². The summed E-state index contributed by atoms with van der Waals surface area (Å²) in [4.78, 5) is 16.2. The third-order valence-corrected chi connectivity index (χ3v) is 3.73. The van der Waals surface area contributed by atoms with E-state index in [0.29, 0.717) is 18.2 Å². The number of benzene rings is 1. The third-order valence-electron chi connectivity index (χ3n) is 3.73. The zero-order valence-electron chi connectivity index (χ0n) is 12.0. The zero-order valence-corrected chi connectivity index (χ0v) is 12.0. The van der Waals surface area contributed by atoms with Crippen molar-refractivity contribution in [3.8, 4) is 11.3 Å². The lowest BCUT2D eigenvalue weighted by atomic mass is 10.1. The molecule has 3 N–H and O–H groups in total. The molecule has 1 aliphatic carbocycles. The van der Waals surface area contributed by atoms with E-state index in [-0.39, 0.29) is 11.9 Å². The monoisotopic (exact) mass is 285 g/mol. The average Bonchev–Trinajstić information content (AvgIpc) is 3.22. The summed E-state index contributed by atoms with van der Waals surface area (Å²) in [5, 5.41) is 2.88. The van der Waals surface area contributed by atoms with Gasteiger partial charge in [-0.3, -0.25) is 4.79 Å². The van der Waals surface area contributed by atoms with E-state index in [0.717, 1.165) is 29.8 Å². The normalized spacial score (nSPS) is 15.7. The van der Waals surface area contributed by atoms with Crippen molar-refractivity contribution >= 4 is 11.6 Å². The van der Waals surface area contributed by atoms with Gasteiger partial charge in [-0.2, -0.15) is 0 Å². The van der Waals surface area contributed by atoms with Crippen LogP contribution in [0, 0.1) is 12.8 Å².